The zero-order chi connectivity index (χ0) is 22.6. The number of ether oxygens (including phenoxy) is 1. The van der Waals surface area contributed by atoms with E-state index in [4.69, 9.17) is 8.92 Å². The normalized spacial score (nSPS) is 15.5. The van der Waals surface area contributed by atoms with Crippen LogP contribution in [-0.2, 0) is 28.9 Å². The number of hydrogen-bond donors (Lipinski definition) is 0. The average Bonchev–Trinajstić information content (AvgIpc) is 2.68. The number of aryl methyl sites for hydroxylation is 2. The van der Waals surface area contributed by atoms with E-state index < -0.39 is 31.0 Å². The number of benzene rings is 2. The minimum absolute atomic E-state index is 0.0417. The zero-order valence-corrected chi connectivity index (χ0v) is 19.7. The molecule has 2 aromatic carbocycles. The summed E-state index contributed by atoms with van der Waals surface area (Å²) in [6, 6.07) is 13.0. The topological polar surface area (TPSA) is 86.7 Å². The van der Waals surface area contributed by atoms with E-state index in [1.807, 2.05) is 20.8 Å². The van der Waals surface area contributed by atoms with Crippen LogP contribution in [-0.4, -0.2) is 34.5 Å². The maximum Gasteiger partial charge on any atom is 0.297 e. The Morgan fingerprint density at radius 3 is 1.80 bits per heavy atom. The number of rotatable bonds is 10. The molecule has 0 aliphatic carbocycles. The van der Waals surface area contributed by atoms with Crippen LogP contribution in [0.3, 0.4) is 0 Å². The molecule has 2 rings (SSSR count). The van der Waals surface area contributed by atoms with Crippen molar-refractivity contribution in [2.24, 2.45) is 0 Å². The number of hydrogen-bond acceptors (Lipinski definition) is 6. The van der Waals surface area contributed by atoms with Gasteiger partial charge in [0.15, 0.2) is 5.44 Å². The molecule has 0 N–H and O–H groups in total. The second-order valence-corrected chi connectivity index (χ2v) is 11.5. The van der Waals surface area contributed by atoms with Gasteiger partial charge in [-0.2, -0.15) is 8.42 Å². The first-order valence-electron chi connectivity index (χ1n) is 9.84. The van der Waals surface area contributed by atoms with Crippen LogP contribution in [0.25, 0.3) is 0 Å². The Labute approximate surface area is 180 Å². The highest BCUT2D eigenvalue weighted by molar-refractivity contribution is 7.91. The fraction of sp³-hybridized carbons (Fsp3) is 0.455. The van der Waals surface area contributed by atoms with Gasteiger partial charge in [0.05, 0.1) is 22.0 Å². The van der Waals surface area contributed by atoms with E-state index in [1.54, 1.807) is 43.3 Å². The summed E-state index contributed by atoms with van der Waals surface area (Å²) in [6.07, 6.45) is 0.642. The third-order valence-electron chi connectivity index (χ3n) is 5.14. The van der Waals surface area contributed by atoms with Gasteiger partial charge in [0.25, 0.3) is 10.1 Å². The van der Waals surface area contributed by atoms with Gasteiger partial charge >= 0.3 is 0 Å². The lowest BCUT2D eigenvalue weighted by molar-refractivity contribution is 0.0303. The first-order valence-corrected chi connectivity index (χ1v) is 12.8. The molecule has 0 aliphatic heterocycles. The van der Waals surface area contributed by atoms with Crippen molar-refractivity contribution in [2.75, 3.05) is 6.61 Å². The van der Waals surface area contributed by atoms with E-state index in [1.165, 1.54) is 19.1 Å². The Morgan fingerprint density at radius 1 is 0.867 bits per heavy atom. The van der Waals surface area contributed by atoms with E-state index in [0.29, 0.717) is 6.42 Å². The van der Waals surface area contributed by atoms with Gasteiger partial charge < -0.3 is 4.74 Å². The minimum atomic E-state index is -3.95. The summed E-state index contributed by atoms with van der Waals surface area (Å²) < 4.78 is 61.6. The summed E-state index contributed by atoms with van der Waals surface area (Å²) in [5.41, 5.74) is -0.163. The molecule has 0 aromatic heterocycles. The van der Waals surface area contributed by atoms with E-state index >= 15 is 0 Å². The molecular formula is C22H30O6S2. The highest BCUT2D eigenvalue weighted by atomic mass is 32.2. The van der Waals surface area contributed by atoms with Crippen LogP contribution >= 0.6 is 0 Å². The van der Waals surface area contributed by atoms with Crippen LogP contribution in [0.4, 0.5) is 0 Å². The molecule has 0 fully saturated rings. The Morgan fingerprint density at radius 2 is 1.33 bits per heavy atom. The molecule has 0 spiro atoms. The lowest BCUT2D eigenvalue weighted by Crippen LogP contribution is -2.33. The summed E-state index contributed by atoms with van der Waals surface area (Å²) >= 11 is 0. The first-order chi connectivity index (χ1) is 13.9. The highest BCUT2D eigenvalue weighted by Gasteiger charge is 2.32. The largest absolute Gasteiger partial charge is 0.362 e. The first kappa shape index (κ1) is 24.5. The Hall–Kier alpha value is -1.74. The van der Waals surface area contributed by atoms with Gasteiger partial charge in [-0.25, -0.2) is 8.42 Å². The van der Waals surface area contributed by atoms with Gasteiger partial charge in [0, 0.05) is 6.42 Å². The predicted octanol–water partition coefficient (Wildman–Crippen LogP) is 4.40. The molecule has 0 saturated heterocycles. The quantitative estimate of drug-likeness (QED) is 0.495. The molecule has 0 saturated carbocycles. The van der Waals surface area contributed by atoms with Crippen molar-refractivity contribution >= 4 is 20.0 Å². The van der Waals surface area contributed by atoms with Crippen LogP contribution in [0.5, 0.6) is 0 Å². The molecule has 8 heteroatoms. The fourth-order valence-electron chi connectivity index (χ4n) is 2.75. The van der Waals surface area contributed by atoms with Crippen molar-refractivity contribution in [1.82, 2.24) is 0 Å². The van der Waals surface area contributed by atoms with Gasteiger partial charge in [-0.1, -0.05) is 42.3 Å². The van der Waals surface area contributed by atoms with Crippen molar-refractivity contribution in [3.05, 3.63) is 59.7 Å². The second kappa shape index (κ2) is 9.60. The standard InChI is InChI=1S/C22H30O6S2/c1-6-22(5,28-30(25,26)21-13-9-18(3)10-14-21)15-16-27-19(4)29(23,24)20-11-7-17(2)8-12-20/h7-14,19H,6,15-16H2,1-5H3. The lowest BCUT2D eigenvalue weighted by atomic mass is 10.0. The van der Waals surface area contributed by atoms with Gasteiger partial charge in [-0.3, -0.25) is 4.18 Å². The smallest absolute Gasteiger partial charge is 0.297 e. The average molecular weight is 455 g/mol. The van der Waals surface area contributed by atoms with Gasteiger partial charge in [0.2, 0.25) is 9.84 Å². The fourth-order valence-corrected chi connectivity index (χ4v) is 5.22. The predicted molar refractivity (Wildman–Crippen MR) is 117 cm³/mol. The Balaban J connectivity index is 2.03. The van der Waals surface area contributed by atoms with Crippen LogP contribution in [0.15, 0.2) is 58.3 Å². The summed E-state index contributed by atoms with van der Waals surface area (Å²) in [7, 11) is -7.59. The zero-order valence-electron chi connectivity index (χ0n) is 18.1. The van der Waals surface area contributed by atoms with Crippen LogP contribution in [0, 0.1) is 13.8 Å². The van der Waals surface area contributed by atoms with Crippen molar-refractivity contribution in [3.63, 3.8) is 0 Å². The van der Waals surface area contributed by atoms with Crippen molar-refractivity contribution in [2.45, 2.75) is 68.3 Å². The van der Waals surface area contributed by atoms with Gasteiger partial charge in [0.1, 0.15) is 0 Å². The van der Waals surface area contributed by atoms with Crippen molar-refractivity contribution < 1.29 is 25.8 Å². The molecular weight excluding hydrogens is 424 g/mol. The van der Waals surface area contributed by atoms with E-state index in [9.17, 15) is 16.8 Å². The second-order valence-electron chi connectivity index (χ2n) is 7.70. The summed E-state index contributed by atoms with van der Waals surface area (Å²) in [4.78, 5) is 0.279. The molecule has 0 heterocycles. The highest BCUT2D eigenvalue weighted by Crippen LogP contribution is 2.27. The van der Waals surface area contributed by atoms with E-state index in [-0.39, 0.29) is 22.8 Å². The van der Waals surface area contributed by atoms with Gasteiger partial charge in [-0.05, 0) is 58.4 Å². The molecule has 2 unspecified atom stereocenters. The maximum atomic E-state index is 12.7. The molecule has 0 radical (unpaired) electrons. The summed E-state index contributed by atoms with van der Waals surface area (Å²) in [5.74, 6) is 0. The summed E-state index contributed by atoms with van der Waals surface area (Å²) in [5, 5.41) is 0. The van der Waals surface area contributed by atoms with E-state index in [2.05, 4.69) is 0 Å². The van der Waals surface area contributed by atoms with Crippen molar-refractivity contribution in [3.8, 4) is 0 Å². The molecule has 30 heavy (non-hydrogen) atoms. The molecule has 166 valence electrons. The van der Waals surface area contributed by atoms with E-state index in [0.717, 1.165) is 11.1 Å². The third-order valence-corrected chi connectivity index (χ3v) is 8.55. The SMILES string of the molecule is CCC(C)(CCOC(C)S(=O)(=O)c1ccc(C)cc1)OS(=O)(=O)c1ccc(C)cc1. The third kappa shape index (κ3) is 6.14. The molecule has 0 aliphatic rings. The number of sulfone groups is 1. The minimum Gasteiger partial charge on any atom is -0.362 e. The molecule has 0 amide bonds. The van der Waals surface area contributed by atoms with Crippen LogP contribution in [0.2, 0.25) is 0 Å². The summed E-state index contributed by atoms with van der Waals surface area (Å²) in [6.45, 7) is 8.77. The molecule has 2 atom stereocenters. The van der Waals surface area contributed by atoms with Crippen LogP contribution in [0.1, 0.15) is 44.7 Å². The molecule has 0 bridgehead atoms. The lowest BCUT2D eigenvalue weighted by Gasteiger charge is -2.28. The monoisotopic (exact) mass is 454 g/mol. The Bertz CT molecular complexity index is 1040. The van der Waals surface area contributed by atoms with Gasteiger partial charge in [-0.15, -0.1) is 0 Å². The van der Waals surface area contributed by atoms with Crippen molar-refractivity contribution in [1.29, 1.82) is 0 Å². The Kier molecular flexibility index (Phi) is 7.85. The molecule has 2 aromatic rings. The van der Waals surface area contributed by atoms with Crippen LogP contribution < -0.4 is 0 Å². The molecule has 6 nitrogen and oxygen atoms in total. The maximum absolute atomic E-state index is 12.7.